The average Bonchev–Trinajstić information content (AvgIpc) is 2.66. The third kappa shape index (κ3) is 3.56. The summed E-state index contributed by atoms with van der Waals surface area (Å²) in [5.41, 5.74) is 2.76. The molecule has 0 bridgehead atoms. The standard InChI is InChI=1S/C14H18N2O2S/c1-9-4-13(5-10(2)15-9)16-7-12(6-14(16)18)8-19-11(3)17/h4-5,12H,6-8H2,1-3H3. The van der Waals surface area contributed by atoms with Crippen LogP contribution in [-0.4, -0.2) is 28.3 Å². The monoisotopic (exact) mass is 278 g/mol. The van der Waals surface area contributed by atoms with E-state index in [9.17, 15) is 9.59 Å². The summed E-state index contributed by atoms with van der Waals surface area (Å²) in [6.07, 6.45) is 0.528. The molecule has 0 aromatic carbocycles. The fraction of sp³-hybridized carbons (Fsp3) is 0.500. The van der Waals surface area contributed by atoms with Crippen molar-refractivity contribution in [2.45, 2.75) is 27.2 Å². The summed E-state index contributed by atoms with van der Waals surface area (Å²) in [5, 5.41) is 0.112. The topological polar surface area (TPSA) is 50.3 Å². The summed E-state index contributed by atoms with van der Waals surface area (Å²) in [5.74, 6) is 1.12. The molecular formula is C14H18N2O2S. The average molecular weight is 278 g/mol. The highest BCUT2D eigenvalue weighted by Gasteiger charge is 2.30. The second kappa shape index (κ2) is 5.74. The van der Waals surface area contributed by atoms with Crippen LogP contribution in [0.2, 0.25) is 0 Å². The Bertz CT molecular complexity index is 496. The normalized spacial score (nSPS) is 19.0. The van der Waals surface area contributed by atoms with E-state index in [1.54, 1.807) is 6.92 Å². The Balaban J connectivity index is 2.09. The quantitative estimate of drug-likeness (QED) is 0.851. The summed E-state index contributed by atoms with van der Waals surface area (Å²) in [6, 6.07) is 3.87. The first-order valence-electron chi connectivity index (χ1n) is 6.34. The Morgan fingerprint density at radius 2 is 2.05 bits per heavy atom. The second-order valence-corrected chi connectivity index (χ2v) is 6.18. The largest absolute Gasteiger partial charge is 0.312 e. The van der Waals surface area contributed by atoms with E-state index in [0.29, 0.717) is 13.0 Å². The van der Waals surface area contributed by atoms with Crippen LogP contribution in [0.4, 0.5) is 5.69 Å². The van der Waals surface area contributed by atoms with Gasteiger partial charge in [-0.3, -0.25) is 14.6 Å². The molecule has 1 aliphatic rings. The summed E-state index contributed by atoms with van der Waals surface area (Å²) in [7, 11) is 0. The minimum Gasteiger partial charge on any atom is -0.312 e. The van der Waals surface area contributed by atoms with Crippen molar-refractivity contribution in [1.29, 1.82) is 0 Å². The van der Waals surface area contributed by atoms with E-state index >= 15 is 0 Å². The maximum atomic E-state index is 12.1. The van der Waals surface area contributed by atoms with Crippen LogP contribution in [0.1, 0.15) is 24.7 Å². The molecule has 1 aliphatic heterocycles. The van der Waals surface area contributed by atoms with Crippen LogP contribution in [0.3, 0.4) is 0 Å². The van der Waals surface area contributed by atoms with Crippen molar-refractivity contribution in [3.63, 3.8) is 0 Å². The number of pyridine rings is 1. The highest BCUT2D eigenvalue weighted by molar-refractivity contribution is 8.13. The molecule has 1 aromatic heterocycles. The molecular weight excluding hydrogens is 260 g/mol. The summed E-state index contributed by atoms with van der Waals surface area (Å²) >= 11 is 1.30. The van der Waals surface area contributed by atoms with E-state index < -0.39 is 0 Å². The number of thioether (sulfide) groups is 1. The number of hydrogen-bond donors (Lipinski definition) is 0. The molecule has 1 aromatic rings. The van der Waals surface area contributed by atoms with Crippen LogP contribution >= 0.6 is 11.8 Å². The van der Waals surface area contributed by atoms with Gasteiger partial charge in [0, 0.05) is 42.7 Å². The number of aromatic nitrogens is 1. The molecule has 1 fully saturated rings. The van der Waals surface area contributed by atoms with Crippen molar-refractivity contribution in [3.8, 4) is 0 Å². The van der Waals surface area contributed by atoms with Crippen molar-refractivity contribution in [1.82, 2.24) is 4.98 Å². The summed E-state index contributed by atoms with van der Waals surface area (Å²) < 4.78 is 0. The number of nitrogens with zero attached hydrogens (tertiary/aromatic N) is 2. The summed E-state index contributed by atoms with van der Waals surface area (Å²) in [4.78, 5) is 29.2. The lowest BCUT2D eigenvalue weighted by molar-refractivity contribution is -0.117. The van der Waals surface area contributed by atoms with Crippen molar-refractivity contribution in [2.24, 2.45) is 5.92 Å². The van der Waals surface area contributed by atoms with Crippen LogP contribution in [0.15, 0.2) is 12.1 Å². The van der Waals surface area contributed by atoms with Gasteiger partial charge in [-0.15, -0.1) is 0 Å². The van der Waals surface area contributed by atoms with E-state index in [1.165, 1.54) is 11.8 Å². The zero-order valence-electron chi connectivity index (χ0n) is 11.5. The van der Waals surface area contributed by atoms with Gasteiger partial charge in [-0.05, 0) is 31.9 Å². The van der Waals surface area contributed by atoms with Crippen molar-refractivity contribution < 1.29 is 9.59 Å². The molecule has 19 heavy (non-hydrogen) atoms. The van der Waals surface area contributed by atoms with Gasteiger partial charge in [0.25, 0.3) is 0 Å². The van der Waals surface area contributed by atoms with Gasteiger partial charge in [0.2, 0.25) is 5.91 Å². The molecule has 1 amide bonds. The van der Waals surface area contributed by atoms with Gasteiger partial charge in [0.15, 0.2) is 5.12 Å². The van der Waals surface area contributed by atoms with Crippen LogP contribution in [0.5, 0.6) is 0 Å². The van der Waals surface area contributed by atoms with Crippen molar-refractivity contribution in [2.75, 3.05) is 17.2 Å². The minimum atomic E-state index is 0.112. The lowest BCUT2D eigenvalue weighted by atomic mass is 10.1. The Morgan fingerprint density at radius 3 is 2.63 bits per heavy atom. The van der Waals surface area contributed by atoms with E-state index in [0.717, 1.165) is 22.8 Å². The predicted octanol–water partition coefficient (Wildman–Crippen LogP) is 2.33. The highest BCUT2D eigenvalue weighted by Crippen LogP contribution is 2.28. The molecule has 0 aliphatic carbocycles. The molecule has 1 unspecified atom stereocenters. The molecule has 0 saturated carbocycles. The predicted molar refractivity (Wildman–Crippen MR) is 77.3 cm³/mol. The zero-order chi connectivity index (χ0) is 14.0. The molecule has 2 rings (SSSR count). The van der Waals surface area contributed by atoms with E-state index in [1.807, 2.05) is 30.9 Å². The smallest absolute Gasteiger partial charge is 0.227 e. The third-order valence-corrected chi connectivity index (χ3v) is 4.15. The van der Waals surface area contributed by atoms with Crippen LogP contribution in [0.25, 0.3) is 0 Å². The van der Waals surface area contributed by atoms with E-state index in [4.69, 9.17) is 0 Å². The maximum Gasteiger partial charge on any atom is 0.227 e. The number of hydrogen-bond acceptors (Lipinski definition) is 4. The zero-order valence-corrected chi connectivity index (χ0v) is 12.3. The van der Waals surface area contributed by atoms with Gasteiger partial charge in [-0.1, -0.05) is 11.8 Å². The molecule has 0 spiro atoms. The molecule has 4 nitrogen and oxygen atoms in total. The summed E-state index contributed by atoms with van der Waals surface area (Å²) in [6.45, 7) is 6.12. The number of rotatable bonds is 3. The van der Waals surface area contributed by atoms with Crippen LogP contribution in [0, 0.1) is 19.8 Å². The van der Waals surface area contributed by atoms with Gasteiger partial charge in [0.05, 0.1) is 0 Å². The first kappa shape index (κ1) is 14.1. The van der Waals surface area contributed by atoms with E-state index in [2.05, 4.69) is 4.98 Å². The molecule has 1 atom stereocenters. The van der Waals surface area contributed by atoms with Crippen LogP contribution in [-0.2, 0) is 9.59 Å². The lowest BCUT2D eigenvalue weighted by Gasteiger charge is -2.17. The number of aryl methyl sites for hydroxylation is 2. The number of carbonyl (C=O) groups is 2. The molecule has 0 N–H and O–H groups in total. The molecule has 0 radical (unpaired) electrons. The first-order valence-corrected chi connectivity index (χ1v) is 7.33. The Labute approximate surface area is 117 Å². The van der Waals surface area contributed by atoms with Gasteiger partial charge in [-0.2, -0.15) is 0 Å². The van der Waals surface area contributed by atoms with Crippen molar-refractivity contribution >= 4 is 28.5 Å². The van der Waals surface area contributed by atoms with E-state index in [-0.39, 0.29) is 16.9 Å². The number of amides is 1. The number of carbonyl (C=O) groups excluding carboxylic acids is 2. The Kier molecular flexibility index (Phi) is 4.24. The minimum absolute atomic E-state index is 0.112. The van der Waals surface area contributed by atoms with Gasteiger partial charge >= 0.3 is 0 Å². The Hall–Kier alpha value is -1.36. The molecule has 5 heteroatoms. The number of anilines is 1. The maximum absolute atomic E-state index is 12.1. The molecule has 102 valence electrons. The Morgan fingerprint density at radius 1 is 1.42 bits per heavy atom. The molecule has 2 heterocycles. The SMILES string of the molecule is CC(=O)SCC1CC(=O)N(c2cc(C)nc(C)c2)C1. The first-order chi connectivity index (χ1) is 8.95. The fourth-order valence-electron chi connectivity index (χ4n) is 2.35. The van der Waals surface area contributed by atoms with Gasteiger partial charge < -0.3 is 4.90 Å². The third-order valence-electron chi connectivity index (χ3n) is 3.11. The van der Waals surface area contributed by atoms with Crippen molar-refractivity contribution in [3.05, 3.63) is 23.5 Å². The highest BCUT2D eigenvalue weighted by atomic mass is 32.2. The second-order valence-electron chi connectivity index (χ2n) is 4.99. The van der Waals surface area contributed by atoms with Gasteiger partial charge in [0.1, 0.15) is 0 Å². The van der Waals surface area contributed by atoms with Crippen LogP contribution < -0.4 is 4.90 Å². The molecule has 1 saturated heterocycles. The van der Waals surface area contributed by atoms with Gasteiger partial charge in [-0.25, -0.2) is 0 Å². The fourth-order valence-corrected chi connectivity index (χ4v) is 3.04. The lowest BCUT2D eigenvalue weighted by Crippen LogP contribution is -2.25.